The number of nitrogens with zero attached hydrogens (tertiary/aromatic N) is 1. The van der Waals surface area contributed by atoms with Crippen LogP contribution >= 0.6 is 11.8 Å². The van der Waals surface area contributed by atoms with Crippen LogP contribution in [0.4, 0.5) is 10.1 Å². The van der Waals surface area contributed by atoms with Gasteiger partial charge in [-0.15, -0.1) is 0 Å². The molecule has 0 aromatic heterocycles. The molecule has 0 saturated carbocycles. The van der Waals surface area contributed by atoms with Gasteiger partial charge in [-0.2, -0.15) is 0 Å². The van der Waals surface area contributed by atoms with Gasteiger partial charge in [0.05, 0.1) is 5.54 Å². The lowest BCUT2D eigenvalue weighted by Crippen LogP contribution is -2.34. The molecule has 1 saturated heterocycles. The van der Waals surface area contributed by atoms with Gasteiger partial charge in [0.2, 0.25) is 0 Å². The number of hydrogen-bond donors (Lipinski definition) is 1. The first kappa shape index (κ1) is 12.0. The van der Waals surface area contributed by atoms with Gasteiger partial charge in [-0.3, -0.25) is 4.99 Å². The zero-order valence-corrected chi connectivity index (χ0v) is 10.8. The molecule has 1 fully saturated rings. The van der Waals surface area contributed by atoms with Crippen molar-refractivity contribution in [3.63, 3.8) is 0 Å². The minimum Gasteiger partial charge on any atom is -0.381 e. The maximum absolute atomic E-state index is 12.8. The molecule has 0 unspecified atom stereocenters. The van der Waals surface area contributed by atoms with Gasteiger partial charge in [-0.25, -0.2) is 4.39 Å². The Balaban J connectivity index is 1.70. The number of benzene rings is 1. The predicted molar refractivity (Wildman–Crippen MR) is 72.7 cm³/mol. The molecule has 96 valence electrons. The summed E-state index contributed by atoms with van der Waals surface area (Å²) in [6.07, 6.45) is 1.99. The van der Waals surface area contributed by atoms with Crippen LogP contribution in [-0.4, -0.2) is 29.7 Å². The highest BCUT2D eigenvalue weighted by Gasteiger charge is 2.37. The highest BCUT2D eigenvalue weighted by atomic mass is 32.2. The van der Waals surface area contributed by atoms with E-state index in [9.17, 15) is 4.39 Å². The number of thioether (sulfide) groups is 1. The smallest absolute Gasteiger partial charge is 0.161 e. The lowest BCUT2D eigenvalue weighted by molar-refractivity contribution is 0.0624. The molecule has 0 amide bonds. The fourth-order valence-electron chi connectivity index (χ4n) is 2.21. The zero-order valence-electron chi connectivity index (χ0n) is 9.99. The molecule has 0 bridgehead atoms. The van der Waals surface area contributed by atoms with Crippen LogP contribution in [0, 0.1) is 5.82 Å². The Hall–Kier alpha value is -1.07. The van der Waals surface area contributed by atoms with Gasteiger partial charge in [-0.1, -0.05) is 11.8 Å². The predicted octanol–water partition coefficient (Wildman–Crippen LogP) is 2.89. The van der Waals surface area contributed by atoms with E-state index >= 15 is 0 Å². The van der Waals surface area contributed by atoms with Crippen molar-refractivity contribution < 1.29 is 9.13 Å². The minimum absolute atomic E-state index is 0.0608. The van der Waals surface area contributed by atoms with Gasteiger partial charge in [0, 0.05) is 24.7 Å². The summed E-state index contributed by atoms with van der Waals surface area (Å²) in [6, 6.07) is 6.36. The molecule has 2 aliphatic rings. The molecule has 0 atom stereocenters. The SMILES string of the molecule is Fc1ccc(NC2=NC3(CCOCC3)CS2)cc1. The summed E-state index contributed by atoms with van der Waals surface area (Å²) in [6.45, 7) is 1.60. The first-order chi connectivity index (χ1) is 8.76. The average Bonchev–Trinajstić information content (AvgIpc) is 2.76. The number of halogens is 1. The Morgan fingerprint density at radius 1 is 1.22 bits per heavy atom. The first-order valence-electron chi connectivity index (χ1n) is 6.09. The van der Waals surface area contributed by atoms with Crippen molar-refractivity contribution in [3.05, 3.63) is 30.1 Å². The van der Waals surface area contributed by atoms with Crippen LogP contribution in [0.1, 0.15) is 12.8 Å². The van der Waals surface area contributed by atoms with Gasteiger partial charge < -0.3 is 10.1 Å². The Morgan fingerprint density at radius 3 is 2.67 bits per heavy atom. The molecule has 1 aromatic rings. The molecule has 2 heterocycles. The van der Waals surface area contributed by atoms with E-state index in [1.807, 2.05) is 0 Å². The molecule has 0 radical (unpaired) electrons. The molecular formula is C13H15FN2OS. The van der Waals surface area contributed by atoms with Crippen molar-refractivity contribution in [3.8, 4) is 0 Å². The largest absolute Gasteiger partial charge is 0.381 e. The van der Waals surface area contributed by atoms with Crippen LogP contribution in [0.2, 0.25) is 0 Å². The third kappa shape index (κ3) is 2.52. The Morgan fingerprint density at radius 2 is 1.94 bits per heavy atom. The summed E-state index contributed by atoms with van der Waals surface area (Å²) in [5.74, 6) is 0.794. The zero-order chi connectivity index (χ0) is 12.4. The maximum Gasteiger partial charge on any atom is 0.161 e. The van der Waals surface area contributed by atoms with Crippen molar-refractivity contribution >= 4 is 22.6 Å². The van der Waals surface area contributed by atoms with Crippen LogP contribution < -0.4 is 5.32 Å². The Kier molecular flexibility index (Phi) is 3.26. The van der Waals surface area contributed by atoms with Crippen molar-refractivity contribution in [2.45, 2.75) is 18.4 Å². The van der Waals surface area contributed by atoms with Crippen LogP contribution in [0.15, 0.2) is 29.3 Å². The summed E-state index contributed by atoms with van der Waals surface area (Å²) in [5.41, 5.74) is 0.942. The summed E-state index contributed by atoms with van der Waals surface area (Å²) >= 11 is 1.74. The molecule has 3 nitrogen and oxygen atoms in total. The average molecular weight is 266 g/mol. The molecule has 5 heteroatoms. The van der Waals surface area contributed by atoms with Crippen molar-refractivity contribution in [2.75, 3.05) is 24.3 Å². The minimum atomic E-state index is -0.220. The molecule has 1 spiro atoms. The number of rotatable bonds is 1. The highest BCUT2D eigenvalue weighted by molar-refractivity contribution is 8.14. The topological polar surface area (TPSA) is 33.6 Å². The van der Waals surface area contributed by atoms with E-state index in [0.717, 1.165) is 42.7 Å². The molecule has 0 aliphatic carbocycles. The van der Waals surface area contributed by atoms with E-state index in [1.54, 1.807) is 23.9 Å². The molecule has 2 aliphatic heterocycles. The number of anilines is 1. The lowest BCUT2D eigenvalue weighted by atomic mass is 9.93. The van der Waals surface area contributed by atoms with E-state index in [0.29, 0.717) is 0 Å². The summed E-state index contributed by atoms with van der Waals surface area (Å²) in [5, 5.41) is 4.18. The van der Waals surface area contributed by atoms with E-state index in [-0.39, 0.29) is 11.4 Å². The third-order valence-electron chi connectivity index (χ3n) is 3.34. The maximum atomic E-state index is 12.8. The first-order valence-corrected chi connectivity index (χ1v) is 7.07. The molecular weight excluding hydrogens is 251 g/mol. The lowest BCUT2D eigenvalue weighted by Gasteiger charge is -2.29. The Labute approximate surface area is 110 Å². The number of hydrogen-bond acceptors (Lipinski definition) is 4. The van der Waals surface area contributed by atoms with E-state index in [1.165, 1.54) is 12.1 Å². The fraction of sp³-hybridized carbons (Fsp3) is 0.462. The highest BCUT2D eigenvalue weighted by Crippen LogP contribution is 2.36. The van der Waals surface area contributed by atoms with E-state index < -0.39 is 0 Å². The van der Waals surface area contributed by atoms with E-state index in [4.69, 9.17) is 9.73 Å². The van der Waals surface area contributed by atoms with Crippen LogP contribution in [0.25, 0.3) is 0 Å². The van der Waals surface area contributed by atoms with Crippen LogP contribution in [0.3, 0.4) is 0 Å². The molecule has 1 N–H and O–H groups in total. The fourth-order valence-corrected chi connectivity index (χ4v) is 3.42. The van der Waals surface area contributed by atoms with E-state index in [2.05, 4.69) is 5.32 Å². The number of nitrogens with one attached hydrogen (secondary N) is 1. The number of ether oxygens (including phenoxy) is 1. The second-order valence-electron chi connectivity index (χ2n) is 4.67. The number of amidine groups is 1. The quantitative estimate of drug-likeness (QED) is 0.848. The number of aliphatic imine (C=N–C) groups is 1. The van der Waals surface area contributed by atoms with Gasteiger partial charge in [0.15, 0.2) is 5.17 Å². The monoisotopic (exact) mass is 266 g/mol. The summed E-state index contributed by atoms with van der Waals surface area (Å²) in [7, 11) is 0. The van der Waals surface area contributed by atoms with Crippen LogP contribution in [0.5, 0.6) is 0 Å². The standard InChI is InChI=1S/C13H15FN2OS/c14-10-1-3-11(4-2-10)15-12-16-13(9-18-12)5-7-17-8-6-13/h1-4H,5-9H2,(H,15,16). The van der Waals surface area contributed by atoms with Gasteiger partial charge in [0.25, 0.3) is 0 Å². The molecule has 1 aromatic carbocycles. The Bertz CT molecular complexity index is 455. The normalized spacial score (nSPS) is 21.9. The summed E-state index contributed by atoms with van der Waals surface area (Å²) < 4.78 is 18.2. The molecule has 18 heavy (non-hydrogen) atoms. The second-order valence-corrected chi connectivity index (χ2v) is 5.64. The van der Waals surface area contributed by atoms with Gasteiger partial charge >= 0.3 is 0 Å². The van der Waals surface area contributed by atoms with Crippen molar-refractivity contribution in [2.24, 2.45) is 4.99 Å². The van der Waals surface area contributed by atoms with Gasteiger partial charge in [-0.05, 0) is 37.1 Å². The van der Waals surface area contributed by atoms with Crippen molar-refractivity contribution in [1.82, 2.24) is 0 Å². The van der Waals surface area contributed by atoms with Crippen LogP contribution in [-0.2, 0) is 4.74 Å². The summed E-state index contributed by atoms with van der Waals surface area (Å²) in [4.78, 5) is 4.79. The third-order valence-corrected chi connectivity index (χ3v) is 4.48. The van der Waals surface area contributed by atoms with Gasteiger partial charge in [0.1, 0.15) is 5.82 Å². The van der Waals surface area contributed by atoms with Crippen molar-refractivity contribution in [1.29, 1.82) is 0 Å². The molecule has 3 rings (SSSR count). The second kappa shape index (κ2) is 4.90.